The third kappa shape index (κ3) is 12.0. The molecule has 2 aliphatic rings. The minimum atomic E-state index is -1.77. The topological polar surface area (TPSA) is 219 Å². The van der Waals surface area contributed by atoms with E-state index >= 15 is 0 Å². The number of amides is 1. The fourth-order valence-electron chi connectivity index (χ4n) is 6.02. The Morgan fingerprint density at radius 2 is 1.25 bits per heavy atom. The second kappa shape index (κ2) is 21.8. The fraction of sp³-hybridized carbons (Fsp3) is 0.968. The number of nitrogens with one attached hydrogen (secondary N) is 1. The third-order valence-electron chi connectivity index (χ3n) is 8.78. The molecule has 2 aliphatic heterocycles. The van der Waals surface area contributed by atoms with Crippen LogP contribution < -0.4 is 5.32 Å². The van der Waals surface area contributed by atoms with Crippen molar-refractivity contribution in [2.75, 3.05) is 26.4 Å². The van der Waals surface area contributed by atoms with Gasteiger partial charge in [0, 0.05) is 13.2 Å². The summed E-state index contributed by atoms with van der Waals surface area (Å²) in [6.45, 7) is 1.09. The second-order valence-corrected chi connectivity index (χ2v) is 12.3. The van der Waals surface area contributed by atoms with Crippen LogP contribution in [0.4, 0.5) is 0 Å². The standard InChI is InChI=1S/C31H59NO12/c1-2-3-4-5-6-7-8-9-10-11-12-13-16-32-30(41)20(15-14-17-33)28-25(38)26(39)29(22(19-35)42-28)44-31-27(40)24(37)23(36)21(18-34)43-31/h20-29,31,33-40H,2-19H2,1H3,(H,32,41)/t20?,21-,22-,23+,24+,25-,26-,27-,28?,29-,31?/m1/s1. The second-order valence-electron chi connectivity index (χ2n) is 12.3. The lowest BCUT2D eigenvalue weighted by molar-refractivity contribution is -0.343. The van der Waals surface area contributed by atoms with Crippen molar-refractivity contribution in [2.45, 2.75) is 158 Å². The summed E-state index contributed by atoms with van der Waals surface area (Å²) in [4.78, 5) is 13.2. The monoisotopic (exact) mass is 637 g/mol. The Balaban J connectivity index is 1.86. The Bertz CT molecular complexity index is 759. The Morgan fingerprint density at radius 3 is 1.80 bits per heavy atom. The maximum atomic E-state index is 13.2. The highest BCUT2D eigenvalue weighted by molar-refractivity contribution is 5.79. The molecule has 44 heavy (non-hydrogen) atoms. The molecule has 0 spiro atoms. The van der Waals surface area contributed by atoms with Gasteiger partial charge in [-0.2, -0.15) is 0 Å². The van der Waals surface area contributed by atoms with Crippen molar-refractivity contribution >= 4 is 5.91 Å². The molecule has 0 bridgehead atoms. The maximum absolute atomic E-state index is 13.2. The first-order chi connectivity index (χ1) is 21.2. The zero-order valence-electron chi connectivity index (χ0n) is 26.3. The lowest BCUT2D eigenvalue weighted by Gasteiger charge is -2.47. The van der Waals surface area contributed by atoms with Crippen LogP contribution in [0.5, 0.6) is 0 Å². The molecular formula is C31H59NO12. The van der Waals surface area contributed by atoms with E-state index in [1.54, 1.807) is 0 Å². The summed E-state index contributed by atoms with van der Waals surface area (Å²) >= 11 is 0. The lowest BCUT2D eigenvalue weighted by Crippen LogP contribution is -2.65. The van der Waals surface area contributed by atoms with Crippen molar-refractivity contribution in [3.8, 4) is 0 Å². The van der Waals surface area contributed by atoms with E-state index in [1.807, 2.05) is 0 Å². The van der Waals surface area contributed by atoms with Crippen LogP contribution in [0.3, 0.4) is 0 Å². The third-order valence-corrected chi connectivity index (χ3v) is 8.78. The molecule has 0 radical (unpaired) electrons. The van der Waals surface area contributed by atoms with Gasteiger partial charge in [-0.05, 0) is 19.3 Å². The quantitative estimate of drug-likeness (QED) is 0.0709. The van der Waals surface area contributed by atoms with Crippen LogP contribution in [-0.2, 0) is 19.0 Å². The highest BCUT2D eigenvalue weighted by Gasteiger charge is 2.52. The molecule has 3 unspecified atom stereocenters. The van der Waals surface area contributed by atoms with Gasteiger partial charge in [-0.15, -0.1) is 0 Å². The van der Waals surface area contributed by atoms with Gasteiger partial charge in [0.15, 0.2) is 6.29 Å². The van der Waals surface area contributed by atoms with Crippen LogP contribution in [0.2, 0.25) is 0 Å². The minimum Gasteiger partial charge on any atom is -0.396 e. The van der Waals surface area contributed by atoms with E-state index in [4.69, 9.17) is 14.2 Å². The molecular weight excluding hydrogens is 578 g/mol. The van der Waals surface area contributed by atoms with Gasteiger partial charge in [0.05, 0.1) is 25.2 Å². The van der Waals surface area contributed by atoms with Crippen molar-refractivity contribution in [2.24, 2.45) is 5.92 Å². The normalized spacial score (nSPS) is 33.3. The number of carbonyl (C=O) groups excluding carboxylic acids is 1. The Labute approximate surface area is 261 Å². The summed E-state index contributed by atoms with van der Waals surface area (Å²) in [5.41, 5.74) is 0. The average molecular weight is 638 g/mol. The smallest absolute Gasteiger partial charge is 0.225 e. The van der Waals surface area contributed by atoms with Gasteiger partial charge in [-0.1, -0.05) is 77.6 Å². The maximum Gasteiger partial charge on any atom is 0.225 e. The number of carbonyl (C=O) groups is 1. The molecule has 260 valence electrons. The molecule has 11 atom stereocenters. The zero-order valence-corrected chi connectivity index (χ0v) is 26.3. The Morgan fingerprint density at radius 1 is 0.682 bits per heavy atom. The van der Waals surface area contributed by atoms with Gasteiger partial charge in [0.2, 0.25) is 5.91 Å². The Kier molecular flexibility index (Phi) is 19.4. The number of unbranched alkanes of at least 4 members (excludes halogenated alkanes) is 11. The number of rotatable bonds is 22. The van der Waals surface area contributed by atoms with Gasteiger partial charge < -0.3 is 60.4 Å². The number of hydrogen-bond donors (Lipinski definition) is 9. The van der Waals surface area contributed by atoms with Gasteiger partial charge >= 0.3 is 0 Å². The molecule has 2 saturated heterocycles. The van der Waals surface area contributed by atoms with E-state index in [0.717, 1.165) is 25.7 Å². The van der Waals surface area contributed by atoms with Gasteiger partial charge in [0.1, 0.15) is 48.8 Å². The number of aliphatic hydroxyl groups is 8. The van der Waals surface area contributed by atoms with E-state index in [-0.39, 0.29) is 19.4 Å². The van der Waals surface area contributed by atoms with Crippen molar-refractivity contribution in [1.82, 2.24) is 5.32 Å². The highest BCUT2D eigenvalue weighted by atomic mass is 16.7. The van der Waals surface area contributed by atoms with Crippen molar-refractivity contribution in [3.05, 3.63) is 0 Å². The van der Waals surface area contributed by atoms with Crippen LogP contribution in [0, 0.1) is 5.92 Å². The van der Waals surface area contributed by atoms with Crippen molar-refractivity contribution in [3.63, 3.8) is 0 Å². The predicted octanol–water partition coefficient (Wildman–Crippen LogP) is -0.141. The van der Waals surface area contributed by atoms with Crippen molar-refractivity contribution < 1.29 is 59.9 Å². The average Bonchev–Trinajstić information content (AvgIpc) is 3.02. The van der Waals surface area contributed by atoms with Gasteiger partial charge in [-0.3, -0.25) is 4.79 Å². The van der Waals surface area contributed by atoms with Crippen LogP contribution in [0.1, 0.15) is 96.8 Å². The van der Waals surface area contributed by atoms with E-state index in [2.05, 4.69) is 12.2 Å². The summed E-state index contributed by atoms with van der Waals surface area (Å²) in [6, 6.07) is 0. The van der Waals surface area contributed by atoms with Crippen LogP contribution in [0.15, 0.2) is 0 Å². The van der Waals surface area contributed by atoms with Crippen LogP contribution in [0.25, 0.3) is 0 Å². The molecule has 1 amide bonds. The Hall–Kier alpha value is -0.970. The predicted molar refractivity (Wildman–Crippen MR) is 160 cm³/mol. The molecule has 0 aliphatic carbocycles. The van der Waals surface area contributed by atoms with Crippen LogP contribution >= 0.6 is 0 Å². The van der Waals surface area contributed by atoms with Crippen LogP contribution in [-0.4, -0.2) is 134 Å². The fourth-order valence-corrected chi connectivity index (χ4v) is 6.02. The molecule has 13 heteroatoms. The molecule has 2 heterocycles. The van der Waals surface area contributed by atoms with E-state index < -0.39 is 86.3 Å². The van der Waals surface area contributed by atoms with E-state index in [9.17, 15) is 45.6 Å². The molecule has 0 saturated carbocycles. The van der Waals surface area contributed by atoms with Gasteiger partial charge in [0.25, 0.3) is 0 Å². The minimum absolute atomic E-state index is 0.158. The summed E-state index contributed by atoms with van der Waals surface area (Å²) in [6.07, 6.45) is -0.543. The summed E-state index contributed by atoms with van der Waals surface area (Å²) < 4.78 is 16.8. The van der Waals surface area contributed by atoms with E-state index in [0.29, 0.717) is 6.54 Å². The van der Waals surface area contributed by atoms with Gasteiger partial charge in [-0.25, -0.2) is 0 Å². The zero-order chi connectivity index (χ0) is 32.5. The lowest BCUT2D eigenvalue weighted by atomic mass is 9.84. The summed E-state index contributed by atoms with van der Waals surface area (Å²) in [5.74, 6) is -1.34. The largest absolute Gasteiger partial charge is 0.396 e. The number of hydrogen-bond acceptors (Lipinski definition) is 12. The first-order valence-electron chi connectivity index (χ1n) is 16.7. The first-order valence-corrected chi connectivity index (χ1v) is 16.7. The molecule has 0 aromatic heterocycles. The number of aliphatic hydroxyl groups excluding tert-OH is 8. The first kappa shape index (κ1) is 39.2. The molecule has 9 N–H and O–H groups in total. The molecule has 2 fully saturated rings. The highest BCUT2D eigenvalue weighted by Crippen LogP contribution is 2.33. The molecule has 13 nitrogen and oxygen atoms in total. The molecule has 0 aromatic carbocycles. The number of ether oxygens (including phenoxy) is 3. The summed E-state index contributed by atoms with van der Waals surface area (Å²) in [7, 11) is 0. The SMILES string of the molecule is CCCCCCCCCCCCCCNC(=O)C(CCCO)C1O[C@H](CO)[C@@H](OC2O[C@H](CO)[C@H](O)[C@H](O)[C@H]2O)[C@H](O)[C@H]1O. The van der Waals surface area contributed by atoms with E-state index in [1.165, 1.54) is 51.4 Å². The van der Waals surface area contributed by atoms with Crippen molar-refractivity contribution in [1.29, 1.82) is 0 Å². The summed E-state index contributed by atoms with van der Waals surface area (Å²) in [5, 5.41) is 84.1. The molecule has 0 aromatic rings. The molecule has 2 rings (SSSR count).